The van der Waals surface area contributed by atoms with Crippen LogP contribution >= 0.6 is 0 Å². The van der Waals surface area contributed by atoms with E-state index in [2.05, 4.69) is 10.2 Å². The van der Waals surface area contributed by atoms with E-state index in [-0.39, 0.29) is 0 Å². The molecular formula is C11H20N2O. The third-order valence-electron chi connectivity index (χ3n) is 3.61. The van der Waals surface area contributed by atoms with Crippen molar-refractivity contribution < 1.29 is 4.79 Å². The van der Waals surface area contributed by atoms with E-state index in [4.69, 9.17) is 0 Å². The number of nitrogens with one attached hydrogen (secondary N) is 1. The van der Waals surface area contributed by atoms with Crippen molar-refractivity contribution in [1.29, 1.82) is 0 Å². The molecule has 0 aromatic carbocycles. The predicted octanol–water partition coefficient (Wildman–Crippen LogP) is 1.14. The summed E-state index contributed by atoms with van der Waals surface area (Å²) in [5.74, 6) is 0.391. The van der Waals surface area contributed by atoms with Gasteiger partial charge in [0.15, 0.2) is 0 Å². The molecule has 0 aromatic heterocycles. The van der Waals surface area contributed by atoms with E-state index in [1.54, 1.807) is 0 Å². The Kier molecular flexibility index (Phi) is 3.06. The van der Waals surface area contributed by atoms with Crippen molar-refractivity contribution in [1.82, 2.24) is 10.2 Å². The SMILES string of the molecule is CNC1CCCC(=O)N2CCC[C@@H]2C1. The van der Waals surface area contributed by atoms with Gasteiger partial charge < -0.3 is 10.2 Å². The summed E-state index contributed by atoms with van der Waals surface area (Å²) in [6.45, 7) is 1.000. The van der Waals surface area contributed by atoms with Gasteiger partial charge in [-0.2, -0.15) is 0 Å². The van der Waals surface area contributed by atoms with Gasteiger partial charge in [0.05, 0.1) is 0 Å². The van der Waals surface area contributed by atoms with Crippen LogP contribution in [-0.4, -0.2) is 36.5 Å². The van der Waals surface area contributed by atoms with Crippen molar-refractivity contribution in [2.75, 3.05) is 13.6 Å². The third kappa shape index (κ3) is 1.92. The highest BCUT2D eigenvalue weighted by Gasteiger charge is 2.31. The second-order valence-electron chi connectivity index (χ2n) is 4.50. The second-order valence-corrected chi connectivity index (χ2v) is 4.50. The van der Waals surface area contributed by atoms with E-state index in [1.165, 1.54) is 12.8 Å². The first-order chi connectivity index (χ1) is 6.81. The monoisotopic (exact) mass is 196 g/mol. The van der Waals surface area contributed by atoms with Crippen LogP contribution in [0.2, 0.25) is 0 Å². The molecule has 3 heteroatoms. The van der Waals surface area contributed by atoms with Crippen LogP contribution < -0.4 is 5.32 Å². The Hall–Kier alpha value is -0.570. The van der Waals surface area contributed by atoms with E-state index in [1.807, 2.05) is 7.05 Å². The van der Waals surface area contributed by atoms with Gasteiger partial charge in [0.25, 0.3) is 0 Å². The van der Waals surface area contributed by atoms with Gasteiger partial charge >= 0.3 is 0 Å². The molecule has 0 saturated carbocycles. The van der Waals surface area contributed by atoms with E-state index in [0.717, 1.165) is 32.2 Å². The molecule has 2 aliphatic heterocycles. The Balaban J connectivity index is 2.03. The van der Waals surface area contributed by atoms with Crippen molar-refractivity contribution in [2.45, 2.75) is 50.6 Å². The fraction of sp³-hybridized carbons (Fsp3) is 0.909. The average Bonchev–Trinajstić information content (AvgIpc) is 2.61. The molecule has 2 fully saturated rings. The Morgan fingerprint density at radius 1 is 1.36 bits per heavy atom. The van der Waals surface area contributed by atoms with Crippen LogP contribution in [0.1, 0.15) is 38.5 Å². The molecule has 1 unspecified atom stereocenters. The summed E-state index contributed by atoms with van der Waals surface area (Å²) in [4.78, 5) is 13.9. The molecule has 14 heavy (non-hydrogen) atoms. The molecule has 0 radical (unpaired) electrons. The Bertz CT molecular complexity index is 217. The lowest BCUT2D eigenvalue weighted by atomic mass is 9.97. The maximum Gasteiger partial charge on any atom is 0.222 e. The average molecular weight is 196 g/mol. The van der Waals surface area contributed by atoms with Crippen LogP contribution in [0, 0.1) is 0 Å². The number of fused-ring (bicyclic) bond motifs is 1. The van der Waals surface area contributed by atoms with Crippen LogP contribution in [0.5, 0.6) is 0 Å². The summed E-state index contributed by atoms with van der Waals surface area (Å²) >= 11 is 0. The lowest BCUT2D eigenvalue weighted by Crippen LogP contribution is -2.42. The van der Waals surface area contributed by atoms with Gasteiger partial charge in [0.2, 0.25) is 5.91 Å². The Labute approximate surface area is 85.8 Å². The molecule has 2 aliphatic rings. The molecule has 0 bridgehead atoms. The molecule has 2 heterocycles. The highest BCUT2D eigenvalue weighted by Crippen LogP contribution is 2.26. The summed E-state index contributed by atoms with van der Waals surface area (Å²) in [7, 11) is 2.04. The third-order valence-corrected chi connectivity index (χ3v) is 3.61. The summed E-state index contributed by atoms with van der Waals surface area (Å²) in [5.41, 5.74) is 0. The fourth-order valence-electron chi connectivity index (χ4n) is 2.76. The molecule has 2 atom stereocenters. The largest absolute Gasteiger partial charge is 0.340 e. The fourth-order valence-corrected chi connectivity index (χ4v) is 2.76. The first-order valence-electron chi connectivity index (χ1n) is 5.78. The summed E-state index contributed by atoms with van der Waals surface area (Å²) < 4.78 is 0. The van der Waals surface area contributed by atoms with Gasteiger partial charge in [-0.1, -0.05) is 0 Å². The Morgan fingerprint density at radius 2 is 2.21 bits per heavy atom. The second kappa shape index (κ2) is 4.30. The van der Waals surface area contributed by atoms with Gasteiger partial charge in [-0.05, 0) is 39.2 Å². The zero-order chi connectivity index (χ0) is 9.97. The van der Waals surface area contributed by atoms with Crippen LogP contribution in [0.25, 0.3) is 0 Å². The van der Waals surface area contributed by atoms with E-state index < -0.39 is 0 Å². The molecule has 0 spiro atoms. The Morgan fingerprint density at radius 3 is 3.00 bits per heavy atom. The zero-order valence-electron chi connectivity index (χ0n) is 8.96. The minimum Gasteiger partial charge on any atom is -0.340 e. The van der Waals surface area contributed by atoms with Crippen LogP contribution in [-0.2, 0) is 4.79 Å². The highest BCUT2D eigenvalue weighted by molar-refractivity contribution is 5.76. The van der Waals surface area contributed by atoms with Crippen LogP contribution in [0.15, 0.2) is 0 Å². The van der Waals surface area contributed by atoms with Crippen molar-refractivity contribution in [3.8, 4) is 0 Å². The van der Waals surface area contributed by atoms with E-state index >= 15 is 0 Å². The smallest absolute Gasteiger partial charge is 0.222 e. The van der Waals surface area contributed by atoms with E-state index in [0.29, 0.717) is 18.0 Å². The van der Waals surface area contributed by atoms with Crippen LogP contribution in [0.4, 0.5) is 0 Å². The normalized spacial score (nSPS) is 33.8. The van der Waals surface area contributed by atoms with Crippen molar-refractivity contribution >= 4 is 5.91 Å². The topological polar surface area (TPSA) is 32.3 Å². The van der Waals surface area contributed by atoms with Crippen molar-refractivity contribution in [2.24, 2.45) is 0 Å². The molecule has 0 aliphatic carbocycles. The number of carbonyl (C=O) groups excluding carboxylic acids is 1. The molecule has 1 amide bonds. The minimum absolute atomic E-state index is 0.391. The number of rotatable bonds is 1. The number of hydrogen-bond donors (Lipinski definition) is 1. The number of nitrogens with zero attached hydrogens (tertiary/aromatic N) is 1. The number of amides is 1. The number of hydrogen-bond acceptors (Lipinski definition) is 2. The minimum atomic E-state index is 0.391. The highest BCUT2D eigenvalue weighted by atomic mass is 16.2. The van der Waals surface area contributed by atoms with Gasteiger partial charge in [-0.3, -0.25) is 4.79 Å². The first-order valence-corrected chi connectivity index (χ1v) is 5.78. The quantitative estimate of drug-likeness (QED) is 0.682. The lowest BCUT2D eigenvalue weighted by Gasteiger charge is -2.31. The van der Waals surface area contributed by atoms with Crippen molar-refractivity contribution in [3.05, 3.63) is 0 Å². The molecule has 3 nitrogen and oxygen atoms in total. The molecule has 0 aromatic rings. The molecule has 2 rings (SSSR count). The van der Waals surface area contributed by atoms with Gasteiger partial charge in [0, 0.05) is 25.0 Å². The van der Waals surface area contributed by atoms with E-state index in [9.17, 15) is 4.79 Å². The van der Waals surface area contributed by atoms with Gasteiger partial charge in [-0.15, -0.1) is 0 Å². The maximum atomic E-state index is 11.7. The van der Waals surface area contributed by atoms with Gasteiger partial charge in [-0.25, -0.2) is 0 Å². The molecule has 2 saturated heterocycles. The predicted molar refractivity (Wildman–Crippen MR) is 56.1 cm³/mol. The summed E-state index contributed by atoms with van der Waals surface area (Å²) in [6.07, 6.45) is 6.54. The van der Waals surface area contributed by atoms with Crippen LogP contribution in [0.3, 0.4) is 0 Å². The van der Waals surface area contributed by atoms with Gasteiger partial charge in [0.1, 0.15) is 0 Å². The number of carbonyl (C=O) groups is 1. The first kappa shape index (κ1) is 9.97. The lowest BCUT2D eigenvalue weighted by molar-refractivity contribution is -0.132. The zero-order valence-corrected chi connectivity index (χ0v) is 8.96. The van der Waals surface area contributed by atoms with Crippen molar-refractivity contribution in [3.63, 3.8) is 0 Å². The summed E-state index contributed by atoms with van der Waals surface area (Å²) in [6, 6.07) is 1.15. The standard InChI is InChI=1S/C11H20N2O/c1-12-9-4-2-6-11(14)13-7-3-5-10(13)8-9/h9-10,12H,2-8H2,1H3/t9?,10-/m1/s1. The summed E-state index contributed by atoms with van der Waals surface area (Å²) in [5, 5.41) is 3.36. The maximum absolute atomic E-state index is 11.7. The molecule has 80 valence electrons. The molecular weight excluding hydrogens is 176 g/mol. The molecule has 1 N–H and O–H groups in total.